The van der Waals surface area contributed by atoms with E-state index in [1.807, 2.05) is 6.08 Å². The van der Waals surface area contributed by atoms with Gasteiger partial charge in [0.2, 0.25) is 0 Å². The van der Waals surface area contributed by atoms with Crippen molar-refractivity contribution < 1.29 is 9.13 Å². The van der Waals surface area contributed by atoms with E-state index in [4.69, 9.17) is 10.5 Å². The van der Waals surface area contributed by atoms with Crippen molar-refractivity contribution in [3.05, 3.63) is 35.7 Å². The Bertz CT molecular complexity index is 323. The van der Waals surface area contributed by atoms with E-state index in [9.17, 15) is 4.39 Å². The number of methoxy groups -OCH3 is 1. The smallest absolute Gasteiger partial charge is 0.134 e. The molecule has 0 radical (unpaired) electrons. The fourth-order valence-corrected chi connectivity index (χ4v) is 1.08. The molecule has 1 aromatic rings. The molecule has 0 spiro atoms. The minimum atomic E-state index is -0.280. The monoisotopic (exact) mass is 195 g/mol. The zero-order chi connectivity index (χ0) is 10.4. The van der Waals surface area contributed by atoms with Crippen molar-refractivity contribution in [2.75, 3.05) is 13.7 Å². The lowest BCUT2D eigenvalue weighted by Gasteiger charge is -2.01. The molecule has 0 saturated carbocycles. The molecule has 0 atom stereocenters. The van der Waals surface area contributed by atoms with Gasteiger partial charge in [-0.2, -0.15) is 0 Å². The van der Waals surface area contributed by atoms with Crippen molar-refractivity contribution in [2.45, 2.75) is 6.42 Å². The normalized spacial score (nSPS) is 10.8. The van der Waals surface area contributed by atoms with Gasteiger partial charge in [0.25, 0.3) is 0 Å². The lowest BCUT2D eigenvalue weighted by atomic mass is 10.2. The third-order valence-electron chi connectivity index (χ3n) is 1.84. The van der Waals surface area contributed by atoms with Crippen molar-refractivity contribution in [2.24, 2.45) is 5.73 Å². The molecule has 2 nitrogen and oxygen atoms in total. The Morgan fingerprint density at radius 2 is 2.29 bits per heavy atom. The largest absolute Gasteiger partial charge is 0.497 e. The van der Waals surface area contributed by atoms with Gasteiger partial charge in [-0.1, -0.05) is 12.2 Å². The van der Waals surface area contributed by atoms with Gasteiger partial charge in [0, 0.05) is 11.6 Å². The molecule has 0 aromatic heterocycles. The molecular formula is C11H14FNO. The summed E-state index contributed by atoms with van der Waals surface area (Å²) in [6.07, 6.45) is 4.33. The zero-order valence-electron chi connectivity index (χ0n) is 8.16. The highest BCUT2D eigenvalue weighted by atomic mass is 19.1. The van der Waals surface area contributed by atoms with Crippen LogP contribution in [-0.4, -0.2) is 13.7 Å². The van der Waals surface area contributed by atoms with Gasteiger partial charge in [-0.25, -0.2) is 4.39 Å². The summed E-state index contributed by atoms with van der Waals surface area (Å²) in [5.74, 6) is 0.246. The Kier molecular flexibility index (Phi) is 4.13. The van der Waals surface area contributed by atoms with E-state index in [1.165, 1.54) is 13.2 Å². The molecule has 0 heterocycles. The quantitative estimate of drug-likeness (QED) is 0.799. The first-order valence-electron chi connectivity index (χ1n) is 4.48. The molecule has 1 rings (SSSR count). The van der Waals surface area contributed by atoms with Gasteiger partial charge in [0.15, 0.2) is 0 Å². The summed E-state index contributed by atoms with van der Waals surface area (Å²) in [4.78, 5) is 0. The molecule has 0 unspecified atom stereocenters. The van der Waals surface area contributed by atoms with E-state index >= 15 is 0 Å². The summed E-state index contributed by atoms with van der Waals surface area (Å²) < 4.78 is 18.2. The van der Waals surface area contributed by atoms with Gasteiger partial charge in [-0.05, 0) is 25.1 Å². The first-order valence-corrected chi connectivity index (χ1v) is 4.48. The maximum Gasteiger partial charge on any atom is 0.134 e. The van der Waals surface area contributed by atoms with Crippen LogP contribution in [0.1, 0.15) is 12.0 Å². The molecule has 14 heavy (non-hydrogen) atoms. The third kappa shape index (κ3) is 2.85. The molecule has 0 aliphatic carbocycles. The molecule has 2 N–H and O–H groups in total. The summed E-state index contributed by atoms with van der Waals surface area (Å²) in [6, 6.07) is 4.77. The average Bonchev–Trinajstić information content (AvgIpc) is 2.20. The Balaban J connectivity index is 2.78. The van der Waals surface area contributed by atoms with Gasteiger partial charge >= 0.3 is 0 Å². The lowest BCUT2D eigenvalue weighted by molar-refractivity contribution is 0.411. The van der Waals surface area contributed by atoms with Crippen LogP contribution in [0.2, 0.25) is 0 Å². The Morgan fingerprint density at radius 1 is 1.50 bits per heavy atom. The second-order valence-corrected chi connectivity index (χ2v) is 2.87. The predicted molar refractivity (Wildman–Crippen MR) is 55.7 cm³/mol. The number of rotatable bonds is 4. The van der Waals surface area contributed by atoms with Crippen molar-refractivity contribution in [1.82, 2.24) is 0 Å². The van der Waals surface area contributed by atoms with Gasteiger partial charge < -0.3 is 10.5 Å². The molecular weight excluding hydrogens is 181 g/mol. The fraction of sp³-hybridized carbons (Fsp3) is 0.273. The van der Waals surface area contributed by atoms with Crippen LogP contribution in [0, 0.1) is 5.82 Å². The standard InChI is InChI=1S/C11H14FNO/c1-14-10-6-5-9(11(12)8-10)4-2-3-7-13/h2,4-6,8H,3,7,13H2,1H3/b4-2+. The summed E-state index contributed by atoms with van der Waals surface area (Å²) in [5, 5.41) is 0. The van der Waals surface area contributed by atoms with Gasteiger partial charge in [0.05, 0.1) is 7.11 Å². The van der Waals surface area contributed by atoms with Crippen molar-refractivity contribution >= 4 is 6.08 Å². The van der Waals surface area contributed by atoms with E-state index in [-0.39, 0.29) is 5.82 Å². The van der Waals surface area contributed by atoms with Crippen LogP contribution in [0.3, 0.4) is 0 Å². The SMILES string of the molecule is COc1ccc(/C=C/CCN)c(F)c1. The Hall–Kier alpha value is -1.35. The number of ether oxygens (including phenoxy) is 1. The predicted octanol–water partition coefficient (Wildman–Crippen LogP) is 2.20. The van der Waals surface area contributed by atoms with E-state index in [2.05, 4.69) is 0 Å². The number of nitrogens with two attached hydrogens (primary N) is 1. The van der Waals surface area contributed by atoms with Crippen LogP contribution in [0.5, 0.6) is 5.75 Å². The molecule has 0 amide bonds. The number of hydrogen-bond acceptors (Lipinski definition) is 2. The van der Waals surface area contributed by atoms with E-state index in [1.54, 1.807) is 18.2 Å². The molecule has 0 fully saturated rings. The molecule has 76 valence electrons. The minimum Gasteiger partial charge on any atom is -0.497 e. The highest BCUT2D eigenvalue weighted by Crippen LogP contribution is 2.17. The van der Waals surface area contributed by atoms with Crippen LogP contribution in [0.25, 0.3) is 6.08 Å². The summed E-state index contributed by atoms with van der Waals surface area (Å²) in [7, 11) is 1.51. The topological polar surface area (TPSA) is 35.2 Å². The van der Waals surface area contributed by atoms with Crippen molar-refractivity contribution in [3.8, 4) is 5.75 Å². The van der Waals surface area contributed by atoms with Crippen LogP contribution >= 0.6 is 0 Å². The van der Waals surface area contributed by atoms with E-state index in [0.29, 0.717) is 17.9 Å². The minimum absolute atomic E-state index is 0.280. The number of hydrogen-bond donors (Lipinski definition) is 1. The van der Waals surface area contributed by atoms with Crippen LogP contribution in [-0.2, 0) is 0 Å². The molecule has 0 aliphatic rings. The number of benzene rings is 1. The molecule has 0 bridgehead atoms. The molecule has 0 aliphatic heterocycles. The van der Waals surface area contributed by atoms with Gasteiger partial charge in [0.1, 0.15) is 11.6 Å². The Morgan fingerprint density at radius 3 is 2.86 bits per heavy atom. The molecule has 3 heteroatoms. The van der Waals surface area contributed by atoms with Crippen molar-refractivity contribution in [3.63, 3.8) is 0 Å². The van der Waals surface area contributed by atoms with Crippen LogP contribution < -0.4 is 10.5 Å². The maximum absolute atomic E-state index is 13.3. The van der Waals surface area contributed by atoms with Gasteiger partial charge in [-0.3, -0.25) is 0 Å². The summed E-state index contributed by atoms with van der Waals surface area (Å²) in [5.41, 5.74) is 5.87. The van der Waals surface area contributed by atoms with Crippen LogP contribution in [0.4, 0.5) is 4.39 Å². The summed E-state index contributed by atoms with van der Waals surface area (Å²) in [6.45, 7) is 0.578. The number of halogens is 1. The second kappa shape index (κ2) is 5.40. The first kappa shape index (κ1) is 10.7. The van der Waals surface area contributed by atoms with Crippen LogP contribution in [0.15, 0.2) is 24.3 Å². The average molecular weight is 195 g/mol. The van der Waals surface area contributed by atoms with Gasteiger partial charge in [-0.15, -0.1) is 0 Å². The summed E-state index contributed by atoms with van der Waals surface area (Å²) >= 11 is 0. The van der Waals surface area contributed by atoms with E-state index in [0.717, 1.165) is 6.42 Å². The highest BCUT2D eigenvalue weighted by Gasteiger charge is 1.99. The zero-order valence-corrected chi connectivity index (χ0v) is 8.16. The first-order chi connectivity index (χ1) is 6.77. The fourth-order valence-electron chi connectivity index (χ4n) is 1.08. The second-order valence-electron chi connectivity index (χ2n) is 2.87. The molecule has 1 aromatic carbocycles. The highest BCUT2D eigenvalue weighted by molar-refractivity contribution is 5.51. The van der Waals surface area contributed by atoms with Crippen molar-refractivity contribution in [1.29, 1.82) is 0 Å². The molecule has 0 saturated heterocycles. The van der Waals surface area contributed by atoms with E-state index < -0.39 is 0 Å². The lowest BCUT2D eigenvalue weighted by Crippen LogP contribution is -1.95. The third-order valence-corrected chi connectivity index (χ3v) is 1.84. The maximum atomic E-state index is 13.3. The Labute approximate surface area is 83.2 Å².